The van der Waals surface area contributed by atoms with Crippen molar-refractivity contribution >= 4 is 17.4 Å². The summed E-state index contributed by atoms with van der Waals surface area (Å²) < 4.78 is 5.21. The molecule has 1 aromatic carbocycles. The van der Waals surface area contributed by atoms with E-state index >= 15 is 0 Å². The number of ketones is 1. The number of ether oxygens (including phenoxy) is 1. The molecular formula is C19H20N2O5. The van der Waals surface area contributed by atoms with E-state index in [0.29, 0.717) is 23.3 Å². The lowest BCUT2D eigenvalue weighted by molar-refractivity contribution is -0.384. The predicted molar refractivity (Wildman–Crippen MR) is 94.3 cm³/mol. The van der Waals surface area contributed by atoms with Crippen molar-refractivity contribution in [3.05, 3.63) is 63.4 Å². The number of esters is 1. The molecule has 26 heavy (non-hydrogen) atoms. The van der Waals surface area contributed by atoms with E-state index in [9.17, 15) is 19.7 Å². The van der Waals surface area contributed by atoms with E-state index in [0.717, 1.165) is 0 Å². The van der Waals surface area contributed by atoms with Gasteiger partial charge in [0.2, 0.25) is 0 Å². The second-order valence-electron chi connectivity index (χ2n) is 6.40. The third-order valence-corrected chi connectivity index (χ3v) is 4.87. The number of rotatable bonds is 4. The van der Waals surface area contributed by atoms with Crippen molar-refractivity contribution in [1.82, 2.24) is 5.32 Å². The number of hydrogen-bond acceptors (Lipinski definition) is 6. The van der Waals surface area contributed by atoms with E-state index in [1.165, 1.54) is 12.1 Å². The van der Waals surface area contributed by atoms with Gasteiger partial charge in [-0.3, -0.25) is 14.9 Å². The first-order valence-corrected chi connectivity index (χ1v) is 8.53. The van der Waals surface area contributed by atoms with E-state index in [1.807, 2.05) is 6.08 Å². The number of nitrogens with one attached hydrogen (secondary N) is 1. The molecule has 0 radical (unpaired) electrons. The van der Waals surface area contributed by atoms with Gasteiger partial charge >= 0.3 is 5.97 Å². The Hall–Kier alpha value is -2.96. The average molecular weight is 356 g/mol. The van der Waals surface area contributed by atoms with E-state index in [1.54, 1.807) is 32.1 Å². The number of non-ortho nitro benzene ring substituents is 1. The van der Waals surface area contributed by atoms with Gasteiger partial charge in [0.1, 0.15) is 0 Å². The summed E-state index contributed by atoms with van der Waals surface area (Å²) in [6.07, 6.45) is 4.05. The Labute approximate surface area is 150 Å². The van der Waals surface area contributed by atoms with Crippen LogP contribution in [0.1, 0.15) is 31.7 Å². The fraction of sp³-hybridized carbons (Fsp3) is 0.368. The Balaban J connectivity index is 2.11. The zero-order valence-corrected chi connectivity index (χ0v) is 14.6. The minimum atomic E-state index is -0.501. The molecule has 0 saturated heterocycles. The number of hydrogen-bond donors (Lipinski definition) is 1. The first-order chi connectivity index (χ1) is 12.4. The van der Waals surface area contributed by atoms with Crippen molar-refractivity contribution in [2.75, 3.05) is 6.61 Å². The summed E-state index contributed by atoms with van der Waals surface area (Å²) in [6.45, 7) is 3.75. The standard InChI is InChI=1S/C19H20N2O5/c1-3-26-19(23)16-11(2)20-14-5-4-6-15(22)18(14)17(16)12-7-9-13(10-8-12)21(24)25/h4,6-10,14,17-18,20H,3,5H2,1-2H3/t14-,17+,18+/m1/s1. The topological polar surface area (TPSA) is 98.5 Å². The highest BCUT2D eigenvalue weighted by Gasteiger charge is 2.45. The van der Waals surface area contributed by atoms with Gasteiger partial charge in [0.05, 0.1) is 23.0 Å². The lowest BCUT2D eigenvalue weighted by Crippen LogP contribution is -2.49. The Morgan fingerprint density at radius 1 is 1.35 bits per heavy atom. The number of nitrogens with zero attached hydrogens (tertiary/aromatic N) is 1. The van der Waals surface area contributed by atoms with Crippen LogP contribution in [0.2, 0.25) is 0 Å². The summed E-state index contributed by atoms with van der Waals surface area (Å²) in [6, 6.07) is 5.90. The Morgan fingerprint density at radius 3 is 2.65 bits per heavy atom. The quantitative estimate of drug-likeness (QED) is 0.506. The summed E-state index contributed by atoms with van der Waals surface area (Å²) in [7, 11) is 0. The molecule has 0 unspecified atom stereocenters. The number of benzene rings is 1. The maximum absolute atomic E-state index is 12.6. The molecule has 7 nitrogen and oxygen atoms in total. The highest BCUT2D eigenvalue weighted by atomic mass is 16.6. The number of nitro groups is 1. The minimum absolute atomic E-state index is 0.0347. The zero-order valence-electron chi connectivity index (χ0n) is 14.6. The molecule has 1 heterocycles. The third kappa shape index (κ3) is 3.12. The van der Waals surface area contributed by atoms with Crippen LogP contribution in [0.5, 0.6) is 0 Å². The minimum Gasteiger partial charge on any atom is -0.463 e. The summed E-state index contributed by atoms with van der Waals surface area (Å²) in [5.74, 6) is -1.49. The molecule has 3 atom stereocenters. The molecule has 136 valence electrons. The Morgan fingerprint density at radius 2 is 2.04 bits per heavy atom. The zero-order chi connectivity index (χ0) is 18.8. The Kier molecular flexibility index (Phi) is 4.88. The fourth-order valence-corrected chi connectivity index (χ4v) is 3.77. The van der Waals surface area contributed by atoms with Crippen molar-refractivity contribution in [3.8, 4) is 0 Å². The maximum atomic E-state index is 12.6. The van der Waals surface area contributed by atoms with E-state index in [2.05, 4.69) is 5.32 Å². The lowest BCUT2D eigenvalue weighted by Gasteiger charge is -2.41. The largest absolute Gasteiger partial charge is 0.463 e. The van der Waals surface area contributed by atoms with Gasteiger partial charge in [0.25, 0.3) is 5.69 Å². The smallest absolute Gasteiger partial charge is 0.336 e. The van der Waals surface area contributed by atoms with Crippen LogP contribution in [0.25, 0.3) is 0 Å². The van der Waals surface area contributed by atoms with Crippen LogP contribution in [-0.4, -0.2) is 29.3 Å². The van der Waals surface area contributed by atoms with E-state index < -0.39 is 22.7 Å². The highest BCUT2D eigenvalue weighted by molar-refractivity contribution is 5.98. The number of carbonyl (C=O) groups is 2. The van der Waals surface area contributed by atoms with Gasteiger partial charge in [-0.25, -0.2) is 4.79 Å². The molecule has 1 aliphatic carbocycles. The van der Waals surface area contributed by atoms with Gasteiger partial charge < -0.3 is 10.1 Å². The average Bonchev–Trinajstić information content (AvgIpc) is 2.61. The number of allylic oxidation sites excluding steroid dienone is 2. The van der Waals surface area contributed by atoms with Crippen LogP contribution in [0.3, 0.4) is 0 Å². The number of nitro benzene ring substituents is 1. The van der Waals surface area contributed by atoms with Gasteiger partial charge in [-0.15, -0.1) is 0 Å². The molecule has 3 rings (SSSR count). The lowest BCUT2D eigenvalue weighted by atomic mass is 9.69. The van der Waals surface area contributed by atoms with E-state index in [4.69, 9.17) is 4.74 Å². The summed E-state index contributed by atoms with van der Waals surface area (Å²) in [5, 5.41) is 14.2. The maximum Gasteiger partial charge on any atom is 0.336 e. The molecule has 7 heteroatoms. The first-order valence-electron chi connectivity index (χ1n) is 8.53. The molecule has 0 amide bonds. The third-order valence-electron chi connectivity index (χ3n) is 4.87. The molecule has 1 N–H and O–H groups in total. The molecule has 0 spiro atoms. The van der Waals surface area contributed by atoms with Gasteiger partial charge in [-0.2, -0.15) is 0 Å². The fourth-order valence-electron chi connectivity index (χ4n) is 3.77. The van der Waals surface area contributed by atoms with Crippen LogP contribution in [0.15, 0.2) is 47.7 Å². The van der Waals surface area contributed by atoms with Gasteiger partial charge in [0.15, 0.2) is 5.78 Å². The van der Waals surface area contributed by atoms with Crippen LogP contribution >= 0.6 is 0 Å². The van der Waals surface area contributed by atoms with Crippen molar-refractivity contribution in [1.29, 1.82) is 0 Å². The van der Waals surface area contributed by atoms with Crippen LogP contribution in [-0.2, 0) is 14.3 Å². The van der Waals surface area contributed by atoms with Gasteiger partial charge in [-0.1, -0.05) is 18.2 Å². The van der Waals surface area contributed by atoms with Crippen LogP contribution in [0.4, 0.5) is 5.69 Å². The Bertz CT molecular complexity index is 810. The SMILES string of the molecule is CCOC(=O)C1=C(C)N[C@@H]2CC=CC(=O)[C@H]2[C@H]1c1ccc([N+](=O)[O-])cc1. The molecule has 0 fully saturated rings. The van der Waals surface area contributed by atoms with Crippen molar-refractivity contribution in [3.63, 3.8) is 0 Å². The molecule has 0 saturated carbocycles. The molecule has 0 aromatic heterocycles. The summed E-state index contributed by atoms with van der Waals surface area (Å²) in [5.41, 5.74) is 1.74. The second kappa shape index (κ2) is 7.11. The summed E-state index contributed by atoms with van der Waals surface area (Å²) in [4.78, 5) is 35.7. The molecule has 1 aliphatic heterocycles. The van der Waals surface area contributed by atoms with Gasteiger partial charge in [0, 0.05) is 29.8 Å². The van der Waals surface area contributed by atoms with Crippen molar-refractivity contribution in [2.24, 2.45) is 5.92 Å². The first kappa shape index (κ1) is 17.8. The normalized spacial score (nSPS) is 24.7. The summed E-state index contributed by atoms with van der Waals surface area (Å²) >= 11 is 0. The molecular weight excluding hydrogens is 336 g/mol. The monoisotopic (exact) mass is 356 g/mol. The van der Waals surface area contributed by atoms with Crippen molar-refractivity contribution < 1.29 is 19.2 Å². The number of fused-ring (bicyclic) bond motifs is 1. The number of carbonyl (C=O) groups excluding carboxylic acids is 2. The van der Waals surface area contributed by atoms with Crippen LogP contribution in [0, 0.1) is 16.0 Å². The van der Waals surface area contributed by atoms with Crippen molar-refractivity contribution in [2.45, 2.75) is 32.2 Å². The second-order valence-corrected chi connectivity index (χ2v) is 6.40. The van der Waals surface area contributed by atoms with Gasteiger partial charge in [-0.05, 0) is 31.9 Å². The molecule has 2 aliphatic rings. The predicted octanol–water partition coefficient (Wildman–Crippen LogP) is 2.63. The highest BCUT2D eigenvalue weighted by Crippen LogP contribution is 2.42. The van der Waals surface area contributed by atoms with Crippen LogP contribution < -0.4 is 5.32 Å². The molecule has 1 aromatic rings. The molecule has 0 bridgehead atoms. The van der Waals surface area contributed by atoms with E-state index in [-0.39, 0.29) is 24.1 Å².